The molecule has 8 heteroatoms. The van der Waals surface area contributed by atoms with Gasteiger partial charge in [0.2, 0.25) is 11.8 Å². The molecule has 0 unspecified atom stereocenters. The van der Waals surface area contributed by atoms with Crippen molar-refractivity contribution in [1.82, 2.24) is 24.4 Å². The standard InChI is InChI=1S/C22H24N6O2/c1-2-17(22(30)27-11-9-26(10-12-27)18-5-3-4-7-23-18)28-14-15-6-8-24-20-19(15)16(13-25-20)21(28)29/h3-8,13-14,17,24,29H,2,9-12H2,1H3/t17-/m1/s1. The van der Waals surface area contributed by atoms with E-state index in [-0.39, 0.29) is 11.8 Å². The summed E-state index contributed by atoms with van der Waals surface area (Å²) in [5, 5.41) is 13.4. The number of amides is 1. The van der Waals surface area contributed by atoms with Crippen LogP contribution >= 0.6 is 0 Å². The average Bonchev–Trinajstić information content (AvgIpc) is 3.24. The van der Waals surface area contributed by atoms with E-state index in [1.54, 1.807) is 17.0 Å². The Balaban J connectivity index is 1.41. The van der Waals surface area contributed by atoms with E-state index in [0.717, 1.165) is 35.3 Å². The predicted octanol–water partition coefficient (Wildman–Crippen LogP) is 2.92. The number of aromatic nitrogens is 4. The lowest BCUT2D eigenvalue weighted by molar-refractivity contribution is -0.135. The van der Waals surface area contributed by atoms with E-state index in [1.807, 2.05) is 48.5 Å². The predicted molar refractivity (Wildman–Crippen MR) is 116 cm³/mol. The van der Waals surface area contributed by atoms with E-state index in [4.69, 9.17) is 0 Å². The number of aromatic amines is 1. The molecule has 1 aliphatic heterocycles. The van der Waals surface area contributed by atoms with Gasteiger partial charge in [-0.25, -0.2) is 9.97 Å². The first-order valence-corrected chi connectivity index (χ1v) is 10.3. The van der Waals surface area contributed by atoms with Crippen molar-refractivity contribution >= 4 is 33.5 Å². The molecule has 2 N–H and O–H groups in total. The minimum absolute atomic E-state index is 0.0303. The van der Waals surface area contributed by atoms with Gasteiger partial charge in [0.25, 0.3) is 0 Å². The molecule has 4 aromatic heterocycles. The summed E-state index contributed by atoms with van der Waals surface area (Å²) in [7, 11) is 0. The lowest BCUT2D eigenvalue weighted by Gasteiger charge is -2.37. The van der Waals surface area contributed by atoms with Crippen LogP contribution in [-0.2, 0) is 4.79 Å². The quantitative estimate of drug-likeness (QED) is 0.546. The van der Waals surface area contributed by atoms with Gasteiger partial charge in [0, 0.05) is 61.7 Å². The molecule has 4 aromatic rings. The number of nitrogens with one attached hydrogen (secondary N) is 1. The van der Waals surface area contributed by atoms with Gasteiger partial charge >= 0.3 is 0 Å². The Labute approximate surface area is 173 Å². The Bertz CT molecular complexity index is 1190. The Morgan fingerprint density at radius 3 is 2.77 bits per heavy atom. The van der Waals surface area contributed by atoms with Crippen LogP contribution < -0.4 is 4.90 Å². The van der Waals surface area contributed by atoms with Gasteiger partial charge in [0.1, 0.15) is 17.5 Å². The molecule has 0 spiro atoms. The van der Waals surface area contributed by atoms with Crippen molar-refractivity contribution in [1.29, 1.82) is 0 Å². The zero-order valence-corrected chi connectivity index (χ0v) is 16.8. The first-order chi connectivity index (χ1) is 14.7. The molecule has 1 fully saturated rings. The minimum Gasteiger partial charge on any atom is -0.494 e. The van der Waals surface area contributed by atoms with Crippen molar-refractivity contribution < 1.29 is 9.90 Å². The summed E-state index contributed by atoms with van der Waals surface area (Å²) in [5.41, 5.74) is 0.731. The zero-order chi connectivity index (χ0) is 20.7. The number of rotatable bonds is 4. The van der Waals surface area contributed by atoms with E-state index < -0.39 is 6.04 Å². The largest absolute Gasteiger partial charge is 0.494 e. The Hall–Kier alpha value is -3.55. The van der Waals surface area contributed by atoms with Crippen molar-refractivity contribution in [2.45, 2.75) is 19.4 Å². The van der Waals surface area contributed by atoms with Crippen LogP contribution in [0.2, 0.25) is 0 Å². The van der Waals surface area contributed by atoms with Crippen LogP contribution in [0.1, 0.15) is 19.4 Å². The van der Waals surface area contributed by atoms with Crippen molar-refractivity contribution in [3.05, 3.63) is 49.1 Å². The number of carbonyl (C=O) groups is 1. The molecule has 1 atom stereocenters. The highest BCUT2D eigenvalue weighted by Crippen LogP contribution is 2.35. The van der Waals surface area contributed by atoms with Gasteiger partial charge in [0.05, 0.1) is 5.39 Å². The van der Waals surface area contributed by atoms with E-state index >= 15 is 0 Å². The van der Waals surface area contributed by atoms with Crippen LogP contribution in [0.25, 0.3) is 21.8 Å². The summed E-state index contributed by atoms with van der Waals surface area (Å²) in [5.74, 6) is 1.05. The topological polar surface area (TPSA) is 90.3 Å². The van der Waals surface area contributed by atoms with Crippen LogP contribution in [0.3, 0.4) is 0 Å². The number of carbonyl (C=O) groups excluding carboxylic acids is 1. The number of hydrogen-bond donors (Lipinski definition) is 2. The molecule has 0 saturated carbocycles. The summed E-state index contributed by atoms with van der Waals surface area (Å²) in [6.45, 7) is 4.72. The van der Waals surface area contributed by atoms with Gasteiger partial charge < -0.3 is 24.5 Å². The smallest absolute Gasteiger partial charge is 0.245 e. The van der Waals surface area contributed by atoms with Gasteiger partial charge in [-0.2, -0.15) is 0 Å². The summed E-state index contributed by atoms with van der Waals surface area (Å²) >= 11 is 0. The third kappa shape index (κ3) is 2.96. The van der Waals surface area contributed by atoms with Crippen molar-refractivity contribution in [3.63, 3.8) is 0 Å². The number of pyridine rings is 3. The highest BCUT2D eigenvalue weighted by Gasteiger charge is 2.29. The highest BCUT2D eigenvalue weighted by molar-refractivity contribution is 6.09. The van der Waals surface area contributed by atoms with Gasteiger partial charge in [-0.15, -0.1) is 0 Å². The van der Waals surface area contributed by atoms with Crippen LogP contribution in [0.15, 0.2) is 49.1 Å². The second kappa shape index (κ2) is 7.37. The molecule has 154 valence electrons. The maximum Gasteiger partial charge on any atom is 0.245 e. The van der Waals surface area contributed by atoms with E-state index in [2.05, 4.69) is 19.9 Å². The number of nitrogens with zero attached hydrogens (tertiary/aromatic N) is 5. The Morgan fingerprint density at radius 1 is 1.20 bits per heavy atom. The zero-order valence-electron chi connectivity index (χ0n) is 16.8. The summed E-state index contributed by atoms with van der Waals surface area (Å²) in [4.78, 5) is 29.3. The number of anilines is 1. The first-order valence-electron chi connectivity index (χ1n) is 10.3. The first kappa shape index (κ1) is 18.5. The number of aromatic hydroxyl groups is 1. The van der Waals surface area contributed by atoms with E-state index in [0.29, 0.717) is 24.9 Å². The molecule has 5 heterocycles. The molecule has 0 radical (unpaired) electrons. The normalized spacial score (nSPS) is 15.8. The Morgan fingerprint density at radius 2 is 2.03 bits per heavy atom. The Kier molecular flexibility index (Phi) is 4.54. The van der Waals surface area contributed by atoms with E-state index in [9.17, 15) is 9.90 Å². The molecule has 8 nitrogen and oxygen atoms in total. The van der Waals surface area contributed by atoms with Crippen molar-refractivity contribution in [3.8, 4) is 5.88 Å². The average molecular weight is 404 g/mol. The molecule has 0 aromatic carbocycles. The summed E-state index contributed by atoms with van der Waals surface area (Å²) in [6, 6.07) is 7.34. The lowest BCUT2D eigenvalue weighted by Crippen LogP contribution is -2.50. The third-order valence-electron chi connectivity index (χ3n) is 5.94. The number of hydrogen-bond acceptors (Lipinski definition) is 5. The molecule has 5 rings (SSSR count). The van der Waals surface area contributed by atoms with Crippen molar-refractivity contribution in [2.75, 3.05) is 31.1 Å². The van der Waals surface area contributed by atoms with Crippen molar-refractivity contribution in [2.24, 2.45) is 0 Å². The molecule has 0 aliphatic carbocycles. The second-order valence-corrected chi connectivity index (χ2v) is 7.61. The molecular weight excluding hydrogens is 380 g/mol. The summed E-state index contributed by atoms with van der Waals surface area (Å²) in [6.07, 6.45) is 7.71. The highest BCUT2D eigenvalue weighted by atomic mass is 16.3. The molecule has 1 aliphatic rings. The molecule has 1 saturated heterocycles. The van der Waals surface area contributed by atoms with Crippen LogP contribution in [0.5, 0.6) is 5.88 Å². The maximum absolute atomic E-state index is 13.4. The van der Waals surface area contributed by atoms with Gasteiger partial charge in [-0.3, -0.25) is 4.79 Å². The molecular formula is C22H24N6O2. The fourth-order valence-electron chi connectivity index (χ4n) is 4.34. The van der Waals surface area contributed by atoms with Gasteiger partial charge in [-0.05, 0) is 24.6 Å². The molecule has 0 bridgehead atoms. The number of piperazine rings is 1. The fraction of sp³-hybridized carbons (Fsp3) is 0.318. The van der Waals surface area contributed by atoms with Crippen LogP contribution in [0.4, 0.5) is 5.82 Å². The number of H-pyrrole nitrogens is 1. The fourth-order valence-corrected chi connectivity index (χ4v) is 4.34. The van der Waals surface area contributed by atoms with E-state index in [1.165, 1.54) is 0 Å². The van der Waals surface area contributed by atoms with Crippen LogP contribution in [0, 0.1) is 0 Å². The van der Waals surface area contributed by atoms with Gasteiger partial charge in [0.15, 0.2) is 0 Å². The second-order valence-electron chi connectivity index (χ2n) is 7.61. The molecule has 30 heavy (non-hydrogen) atoms. The third-order valence-corrected chi connectivity index (χ3v) is 5.94. The molecule has 1 amide bonds. The lowest BCUT2D eigenvalue weighted by atomic mass is 10.1. The SMILES string of the molecule is CC[C@H](C(=O)N1CCN(c2ccccn2)CC1)n1cc2cc[nH]c3ncc(c1O)c23. The maximum atomic E-state index is 13.4. The monoisotopic (exact) mass is 404 g/mol. The van der Waals surface area contributed by atoms with Crippen LogP contribution in [-0.4, -0.2) is 61.6 Å². The summed E-state index contributed by atoms with van der Waals surface area (Å²) < 4.78 is 1.70. The minimum atomic E-state index is -0.464. The van der Waals surface area contributed by atoms with Gasteiger partial charge in [-0.1, -0.05) is 13.0 Å².